The van der Waals surface area contributed by atoms with Gasteiger partial charge in [-0.25, -0.2) is 4.98 Å². The smallest absolute Gasteiger partial charge is 0.421 e. The van der Waals surface area contributed by atoms with Crippen LogP contribution in [-0.2, 0) is 15.7 Å². The highest BCUT2D eigenvalue weighted by Crippen LogP contribution is 2.61. The number of rotatable bonds is 9. The van der Waals surface area contributed by atoms with Gasteiger partial charge in [0.15, 0.2) is 0 Å². The Labute approximate surface area is 264 Å². The molecule has 10 nitrogen and oxygen atoms in total. The minimum absolute atomic E-state index is 0.0363. The molecule has 4 saturated carbocycles. The van der Waals surface area contributed by atoms with Gasteiger partial charge in [0, 0.05) is 19.3 Å². The number of anilines is 4. The second-order valence-corrected chi connectivity index (χ2v) is 12.5. The summed E-state index contributed by atoms with van der Waals surface area (Å²) in [6, 6.07) is 10.0. The fourth-order valence-corrected chi connectivity index (χ4v) is 7.78. The van der Waals surface area contributed by atoms with Crippen LogP contribution in [-0.4, -0.2) is 49.2 Å². The van der Waals surface area contributed by atoms with E-state index in [1.807, 2.05) is 0 Å². The van der Waals surface area contributed by atoms with Gasteiger partial charge in [0.2, 0.25) is 5.95 Å². The molecule has 1 amide bonds. The molecule has 3 N–H and O–H groups in total. The standard InChI is InChI=1S/C33H36F3N5O5/c1-17-6-5-7-22(29(42)37-2)26(17)40-28-23(33(34,35)36)16-38-31(41-28)39-24-9-8-21(12-25(24)44-3)46-27-19-10-18-11-20(27)15-32(13-18,14-19)30(43)45-4/h5-9,12,16,18-20,27H,10-11,13-15H2,1-4H3,(H,37,42)(H2,38,39,40,41). The highest BCUT2D eigenvalue weighted by atomic mass is 19.4. The maximum atomic E-state index is 14.0. The van der Waals surface area contributed by atoms with Crippen molar-refractivity contribution in [3.8, 4) is 11.5 Å². The molecule has 2 unspecified atom stereocenters. The zero-order valence-corrected chi connectivity index (χ0v) is 26.0. The molecule has 1 heterocycles. The van der Waals surface area contributed by atoms with Crippen molar-refractivity contribution in [2.75, 3.05) is 31.9 Å². The molecule has 0 spiro atoms. The number of nitrogens with zero attached hydrogens (tertiary/aromatic N) is 2. The Morgan fingerprint density at radius 1 is 1.02 bits per heavy atom. The predicted octanol–water partition coefficient (Wildman–Crippen LogP) is 6.41. The van der Waals surface area contributed by atoms with Crippen molar-refractivity contribution < 1.29 is 37.0 Å². The highest BCUT2D eigenvalue weighted by Gasteiger charge is 2.60. The number of benzene rings is 2. The van der Waals surface area contributed by atoms with Gasteiger partial charge in [-0.15, -0.1) is 0 Å². The quantitative estimate of drug-likeness (QED) is 0.228. The maximum Gasteiger partial charge on any atom is 0.421 e. The summed E-state index contributed by atoms with van der Waals surface area (Å²) in [7, 11) is 4.37. The van der Waals surface area contributed by atoms with Crippen LogP contribution < -0.4 is 25.4 Å². The summed E-state index contributed by atoms with van der Waals surface area (Å²) < 4.78 is 59.3. The predicted molar refractivity (Wildman–Crippen MR) is 164 cm³/mol. The molecule has 13 heteroatoms. The Balaban J connectivity index is 1.24. The number of ether oxygens (including phenoxy) is 3. The molecule has 7 rings (SSSR count). The average molecular weight is 640 g/mol. The minimum Gasteiger partial charge on any atom is -0.494 e. The Hall–Kier alpha value is -4.55. The van der Waals surface area contributed by atoms with E-state index >= 15 is 0 Å². The Morgan fingerprint density at radius 3 is 2.41 bits per heavy atom. The maximum absolute atomic E-state index is 14.0. The van der Waals surface area contributed by atoms with Gasteiger partial charge >= 0.3 is 12.1 Å². The SMILES string of the molecule is CNC(=O)c1cccc(C)c1Nc1nc(Nc2ccc(OC3C4CC5CC3CC(C(=O)OC)(C5)C4)cc2OC)ncc1C(F)(F)F. The lowest BCUT2D eigenvalue weighted by atomic mass is 9.48. The van der Waals surface area contributed by atoms with Crippen molar-refractivity contribution in [2.24, 2.45) is 23.2 Å². The summed E-state index contributed by atoms with van der Waals surface area (Å²) in [6.07, 6.45) is 0.319. The van der Waals surface area contributed by atoms with Crippen molar-refractivity contribution in [1.82, 2.24) is 15.3 Å². The van der Waals surface area contributed by atoms with Crippen molar-refractivity contribution in [3.63, 3.8) is 0 Å². The summed E-state index contributed by atoms with van der Waals surface area (Å²) in [4.78, 5) is 33.2. The van der Waals surface area contributed by atoms with Crippen LogP contribution in [0.2, 0.25) is 0 Å². The molecule has 2 atom stereocenters. The number of hydrogen-bond donors (Lipinski definition) is 3. The van der Waals surface area contributed by atoms with Crippen LogP contribution >= 0.6 is 0 Å². The number of amides is 1. The van der Waals surface area contributed by atoms with Gasteiger partial charge < -0.3 is 30.2 Å². The molecule has 4 bridgehead atoms. The number of alkyl halides is 3. The van der Waals surface area contributed by atoms with Crippen molar-refractivity contribution >= 4 is 35.0 Å². The van der Waals surface area contributed by atoms with Gasteiger partial charge in [-0.1, -0.05) is 12.1 Å². The third kappa shape index (κ3) is 5.78. The summed E-state index contributed by atoms with van der Waals surface area (Å²) in [5.41, 5.74) is -0.172. The first-order valence-electron chi connectivity index (χ1n) is 15.2. The van der Waals surface area contributed by atoms with Gasteiger partial charge in [0.1, 0.15) is 29.0 Å². The molecule has 1 aromatic heterocycles. The number of carbonyl (C=O) groups is 2. The third-order valence-corrected chi connectivity index (χ3v) is 9.58. The number of esters is 1. The lowest BCUT2D eigenvalue weighted by Gasteiger charge is -2.58. The minimum atomic E-state index is -4.76. The highest BCUT2D eigenvalue weighted by molar-refractivity contribution is 6.00. The molecule has 0 saturated heterocycles. The van der Waals surface area contributed by atoms with E-state index in [0.717, 1.165) is 32.1 Å². The van der Waals surface area contributed by atoms with Crippen LogP contribution in [0.3, 0.4) is 0 Å². The van der Waals surface area contributed by atoms with E-state index in [1.54, 1.807) is 37.3 Å². The molecule has 4 fully saturated rings. The summed E-state index contributed by atoms with van der Waals surface area (Å²) in [5.74, 6) is 0.752. The number of halogens is 3. The molecule has 46 heavy (non-hydrogen) atoms. The van der Waals surface area contributed by atoms with Crippen LogP contribution in [0.15, 0.2) is 42.6 Å². The molecule has 3 aromatic rings. The van der Waals surface area contributed by atoms with E-state index in [9.17, 15) is 22.8 Å². The molecule has 4 aliphatic rings. The van der Waals surface area contributed by atoms with Gasteiger partial charge in [-0.3, -0.25) is 9.59 Å². The van der Waals surface area contributed by atoms with Crippen molar-refractivity contribution in [2.45, 2.75) is 51.3 Å². The summed E-state index contributed by atoms with van der Waals surface area (Å²) in [6.45, 7) is 1.68. The number of para-hydroxylation sites is 1. The van der Waals surface area contributed by atoms with Gasteiger partial charge in [0.25, 0.3) is 5.91 Å². The van der Waals surface area contributed by atoms with E-state index in [-0.39, 0.29) is 41.1 Å². The van der Waals surface area contributed by atoms with Gasteiger partial charge in [0.05, 0.1) is 36.6 Å². The van der Waals surface area contributed by atoms with Crippen molar-refractivity contribution in [1.29, 1.82) is 0 Å². The van der Waals surface area contributed by atoms with Crippen LogP contribution in [0.1, 0.15) is 53.6 Å². The molecular formula is C33H36F3N5O5. The fourth-order valence-electron chi connectivity index (χ4n) is 7.78. The van der Waals surface area contributed by atoms with Crippen molar-refractivity contribution in [3.05, 3.63) is 59.3 Å². The average Bonchev–Trinajstić information content (AvgIpc) is 3.02. The van der Waals surface area contributed by atoms with Crippen LogP contribution in [0.5, 0.6) is 11.5 Å². The lowest BCUT2D eigenvalue weighted by Crippen LogP contribution is -2.58. The Kier molecular flexibility index (Phi) is 8.20. The van der Waals surface area contributed by atoms with Gasteiger partial charge in [-0.05, 0) is 80.5 Å². The molecule has 0 aliphatic heterocycles. The lowest BCUT2D eigenvalue weighted by molar-refractivity contribution is -0.179. The van der Waals surface area contributed by atoms with Crippen LogP contribution in [0, 0.1) is 30.1 Å². The summed E-state index contributed by atoms with van der Waals surface area (Å²) in [5, 5.41) is 8.19. The molecule has 244 valence electrons. The first-order chi connectivity index (χ1) is 21.9. The second kappa shape index (κ2) is 12.0. The topological polar surface area (TPSA) is 124 Å². The van der Waals surface area contributed by atoms with E-state index < -0.39 is 28.9 Å². The number of carbonyl (C=O) groups excluding carboxylic acids is 2. The molecule has 0 radical (unpaired) electrons. The fraction of sp³-hybridized carbons (Fsp3) is 0.455. The number of nitrogens with one attached hydrogen (secondary N) is 3. The summed E-state index contributed by atoms with van der Waals surface area (Å²) >= 11 is 0. The molecular weight excluding hydrogens is 603 g/mol. The second-order valence-electron chi connectivity index (χ2n) is 12.5. The normalized spacial score (nSPS) is 24.7. The molecule has 4 aliphatic carbocycles. The molecule has 2 aromatic carbocycles. The number of hydrogen-bond acceptors (Lipinski definition) is 9. The Bertz CT molecular complexity index is 1650. The first-order valence-corrected chi connectivity index (χ1v) is 15.2. The van der Waals surface area contributed by atoms with E-state index in [1.165, 1.54) is 27.3 Å². The zero-order chi connectivity index (χ0) is 32.8. The first kappa shape index (κ1) is 31.4. The van der Waals surface area contributed by atoms with E-state index in [0.29, 0.717) is 34.9 Å². The number of aryl methyl sites for hydroxylation is 1. The Morgan fingerprint density at radius 2 is 1.76 bits per heavy atom. The monoisotopic (exact) mass is 639 g/mol. The zero-order valence-electron chi connectivity index (χ0n) is 26.0. The number of methoxy groups -OCH3 is 2. The number of aromatic nitrogens is 2. The van der Waals surface area contributed by atoms with Gasteiger partial charge in [-0.2, -0.15) is 18.2 Å². The van der Waals surface area contributed by atoms with E-state index in [2.05, 4.69) is 25.9 Å². The largest absolute Gasteiger partial charge is 0.494 e. The third-order valence-electron chi connectivity index (χ3n) is 9.58. The van der Waals surface area contributed by atoms with E-state index in [4.69, 9.17) is 14.2 Å². The van der Waals surface area contributed by atoms with Crippen LogP contribution in [0.4, 0.5) is 36.3 Å². The van der Waals surface area contributed by atoms with Crippen LogP contribution in [0.25, 0.3) is 0 Å².